The molecule has 1 aromatic rings. The number of hydrogen-bond donors (Lipinski definition) is 2. The molecule has 168 valence electrons. The third-order valence-electron chi connectivity index (χ3n) is 4.88. The number of carboxylic acids is 2. The molecule has 0 bridgehead atoms. The third kappa shape index (κ3) is 4.41. The number of halogens is 4. The molecular formula is C20H25F4NO5. The number of hydrogen-bond acceptors (Lipinski definition) is 3. The van der Waals surface area contributed by atoms with E-state index in [0.29, 0.717) is 4.90 Å². The number of benzene rings is 1. The molecule has 1 amide bonds. The van der Waals surface area contributed by atoms with Crippen molar-refractivity contribution >= 4 is 17.8 Å². The van der Waals surface area contributed by atoms with E-state index in [0.717, 1.165) is 0 Å². The van der Waals surface area contributed by atoms with Crippen LogP contribution in [-0.4, -0.2) is 44.0 Å². The number of carbonyl (C=O) groups excluding carboxylic acids is 1. The molecule has 0 spiro atoms. The summed E-state index contributed by atoms with van der Waals surface area (Å²) in [7, 11) is 0. The Morgan fingerprint density at radius 1 is 0.900 bits per heavy atom. The van der Waals surface area contributed by atoms with Gasteiger partial charge in [0.2, 0.25) is 0 Å². The Balaban J connectivity index is 3.92. The molecule has 0 fully saturated rings. The van der Waals surface area contributed by atoms with E-state index in [2.05, 4.69) is 0 Å². The van der Waals surface area contributed by atoms with Crippen molar-refractivity contribution in [1.82, 2.24) is 4.90 Å². The van der Waals surface area contributed by atoms with E-state index >= 15 is 0 Å². The monoisotopic (exact) mass is 435 g/mol. The summed E-state index contributed by atoms with van der Waals surface area (Å²) in [4.78, 5) is 37.7. The number of amides is 1. The van der Waals surface area contributed by atoms with Gasteiger partial charge >= 0.3 is 11.9 Å². The molecule has 0 saturated carbocycles. The summed E-state index contributed by atoms with van der Waals surface area (Å²) in [6, 6.07) is 0.154. The highest BCUT2D eigenvalue weighted by atomic mass is 19.2. The SMILES string of the molecule is CC(C)(C)N(C(=O)c1cc(F)c(F)c(F)c1F)[C@@](CCC(=O)O)(C(=O)O)C(C)(C)C. The van der Waals surface area contributed by atoms with Gasteiger partial charge < -0.3 is 15.1 Å². The molecule has 0 aliphatic carbocycles. The molecule has 6 nitrogen and oxygen atoms in total. The second-order valence-corrected chi connectivity index (χ2v) is 8.97. The average Bonchev–Trinajstić information content (AvgIpc) is 2.56. The van der Waals surface area contributed by atoms with E-state index in [1.54, 1.807) is 0 Å². The van der Waals surface area contributed by atoms with E-state index in [4.69, 9.17) is 5.11 Å². The minimum absolute atomic E-state index is 0.154. The summed E-state index contributed by atoms with van der Waals surface area (Å²) >= 11 is 0. The lowest BCUT2D eigenvalue weighted by Crippen LogP contribution is -2.69. The Kier molecular flexibility index (Phi) is 6.97. The molecule has 0 saturated heterocycles. The van der Waals surface area contributed by atoms with Crippen molar-refractivity contribution in [2.45, 2.75) is 65.5 Å². The van der Waals surface area contributed by atoms with Crippen LogP contribution in [0.5, 0.6) is 0 Å². The van der Waals surface area contributed by atoms with Crippen molar-refractivity contribution in [1.29, 1.82) is 0 Å². The summed E-state index contributed by atoms with van der Waals surface area (Å²) in [5, 5.41) is 19.3. The Morgan fingerprint density at radius 3 is 1.77 bits per heavy atom. The maximum atomic E-state index is 14.4. The maximum Gasteiger partial charge on any atom is 0.330 e. The largest absolute Gasteiger partial charge is 0.481 e. The van der Waals surface area contributed by atoms with Gasteiger partial charge in [0.1, 0.15) is 5.54 Å². The van der Waals surface area contributed by atoms with Crippen LogP contribution in [0.2, 0.25) is 0 Å². The molecule has 0 radical (unpaired) electrons. The third-order valence-corrected chi connectivity index (χ3v) is 4.88. The maximum absolute atomic E-state index is 14.4. The molecule has 2 N–H and O–H groups in total. The van der Waals surface area contributed by atoms with E-state index in [9.17, 15) is 37.1 Å². The summed E-state index contributed by atoms with van der Waals surface area (Å²) in [5.74, 6) is -12.5. The molecule has 0 heterocycles. The van der Waals surface area contributed by atoms with Gasteiger partial charge in [0.15, 0.2) is 23.3 Å². The normalized spacial score (nSPS) is 14.2. The van der Waals surface area contributed by atoms with Crippen LogP contribution in [0.25, 0.3) is 0 Å². The molecule has 1 aromatic carbocycles. The predicted molar refractivity (Wildman–Crippen MR) is 98.9 cm³/mol. The van der Waals surface area contributed by atoms with Crippen LogP contribution < -0.4 is 0 Å². The number of aliphatic carboxylic acids is 2. The second kappa shape index (κ2) is 8.23. The zero-order chi connectivity index (χ0) is 23.8. The Morgan fingerprint density at radius 2 is 1.40 bits per heavy atom. The minimum atomic E-state index is -2.21. The van der Waals surface area contributed by atoms with Crippen molar-refractivity contribution in [3.63, 3.8) is 0 Å². The molecule has 0 aliphatic rings. The summed E-state index contributed by atoms with van der Waals surface area (Å²) in [6.07, 6.45) is -1.23. The fourth-order valence-corrected chi connectivity index (χ4v) is 3.53. The van der Waals surface area contributed by atoms with Gasteiger partial charge in [-0.1, -0.05) is 20.8 Å². The molecular weight excluding hydrogens is 410 g/mol. The van der Waals surface area contributed by atoms with Crippen LogP contribution in [0, 0.1) is 28.7 Å². The first-order valence-corrected chi connectivity index (χ1v) is 9.02. The van der Waals surface area contributed by atoms with Crippen LogP contribution >= 0.6 is 0 Å². The van der Waals surface area contributed by atoms with Crippen molar-refractivity contribution < 1.29 is 42.2 Å². The van der Waals surface area contributed by atoms with Crippen molar-refractivity contribution in [3.05, 3.63) is 34.9 Å². The molecule has 30 heavy (non-hydrogen) atoms. The van der Waals surface area contributed by atoms with E-state index < -0.39 is 76.0 Å². The van der Waals surface area contributed by atoms with Crippen LogP contribution in [0.4, 0.5) is 17.6 Å². The minimum Gasteiger partial charge on any atom is -0.481 e. The number of rotatable bonds is 6. The standard InChI is InChI=1S/C20H25F4NO5/c1-18(2,3)20(17(29)30,8-7-12(26)27)25(19(4,5)6)16(28)10-9-11(21)14(23)15(24)13(10)22/h9H,7-8H2,1-6H3,(H,26,27)(H,29,30)/t20-/m0/s1. The van der Waals surface area contributed by atoms with Crippen LogP contribution in [-0.2, 0) is 9.59 Å². The van der Waals surface area contributed by atoms with Gasteiger partial charge in [0.05, 0.1) is 5.56 Å². The summed E-state index contributed by atoms with van der Waals surface area (Å²) in [6.45, 7) is 8.54. The average molecular weight is 435 g/mol. The first-order valence-electron chi connectivity index (χ1n) is 9.02. The number of nitrogens with zero attached hydrogens (tertiary/aromatic N) is 1. The number of carboxylic acid groups (broad SMARTS) is 2. The van der Waals surface area contributed by atoms with Crippen LogP contribution in [0.1, 0.15) is 64.7 Å². The second-order valence-electron chi connectivity index (χ2n) is 8.97. The van der Waals surface area contributed by atoms with E-state index in [-0.39, 0.29) is 6.07 Å². The van der Waals surface area contributed by atoms with Crippen molar-refractivity contribution in [2.24, 2.45) is 5.41 Å². The highest BCUT2D eigenvalue weighted by Crippen LogP contribution is 2.44. The van der Waals surface area contributed by atoms with Gasteiger partial charge in [0.25, 0.3) is 5.91 Å². The van der Waals surface area contributed by atoms with E-state index in [1.165, 1.54) is 41.5 Å². The Hall–Kier alpha value is -2.65. The van der Waals surface area contributed by atoms with Gasteiger partial charge in [0, 0.05) is 12.0 Å². The number of carbonyl (C=O) groups is 3. The summed E-state index contributed by atoms with van der Waals surface area (Å²) < 4.78 is 55.2. The first-order chi connectivity index (χ1) is 13.4. The van der Waals surface area contributed by atoms with Gasteiger partial charge in [-0.05, 0) is 38.7 Å². The molecule has 1 atom stereocenters. The highest BCUT2D eigenvalue weighted by Gasteiger charge is 2.58. The van der Waals surface area contributed by atoms with Gasteiger partial charge in [-0.3, -0.25) is 9.59 Å². The van der Waals surface area contributed by atoms with E-state index in [1.807, 2.05) is 0 Å². The lowest BCUT2D eigenvalue weighted by atomic mass is 9.67. The Bertz CT molecular complexity index is 873. The summed E-state index contributed by atoms with van der Waals surface area (Å²) in [5.41, 5.74) is -6.08. The Labute approximate surface area is 171 Å². The smallest absolute Gasteiger partial charge is 0.330 e. The molecule has 10 heteroatoms. The van der Waals surface area contributed by atoms with Crippen molar-refractivity contribution in [3.8, 4) is 0 Å². The predicted octanol–water partition coefficient (Wildman–Crippen LogP) is 4.22. The molecule has 0 unspecified atom stereocenters. The topological polar surface area (TPSA) is 94.9 Å². The fraction of sp³-hybridized carbons (Fsp3) is 0.550. The fourth-order valence-electron chi connectivity index (χ4n) is 3.53. The first kappa shape index (κ1) is 25.4. The van der Waals surface area contributed by atoms with Crippen LogP contribution in [0.3, 0.4) is 0 Å². The van der Waals surface area contributed by atoms with Gasteiger partial charge in [-0.25, -0.2) is 22.4 Å². The van der Waals surface area contributed by atoms with Crippen LogP contribution in [0.15, 0.2) is 6.07 Å². The zero-order valence-electron chi connectivity index (χ0n) is 17.6. The quantitative estimate of drug-likeness (QED) is 0.396. The molecule has 0 aromatic heterocycles. The van der Waals surface area contributed by atoms with Crippen molar-refractivity contribution in [2.75, 3.05) is 0 Å². The molecule has 0 aliphatic heterocycles. The zero-order valence-corrected chi connectivity index (χ0v) is 17.6. The van der Waals surface area contributed by atoms with Gasteiger partial charge in [-0.2, -0.15) is 0 Å². The lowest BCUT2D eigenvalue weighted by Gasteiger charge is -2.54. The molecule has 1 rings (SSSR count). The highest BCUT2D eigenvalue weighted by molar-refractivity contribution is 5.99. The van der Waals surface area contributed by atoms with Gasteiger partial charge in [-0.15, -0.1) is 0 Å². The lowest BCUT2D eigenvalue weighted by molar-refractivity contribution is -0.164.